The first-order valence-corrected chi connectivity index (χ1v) is 13.5. The number of aliphatic hydroxyl groups excluding tert-OH is 1. The van der Waals surface area contributed by atoms with Gasteiger partial charge in [0.05, 0.1) is 37.1 Å². The van der Waals surface area contributed by atoms with Gasteiger partial charge in [-0.3, -0.25) is 9.59 Å². The predicted molar refractivity (Wildman–Crippen MR) is 159 cm³/mol. The molecule has 0 spiro atoms. The zero-order valence-corrected chi connectivity index (χ0v) is 23.6. The van der Waals surface area contributed by atoms with Gasteiger partial charge in [0.1, 0.15) is 23.7 Å². The Bertz CT molecular complexity index is 1290. The Morgan fingerprint density at radius 3 is 1.36 bits per heavy atom. The van der Waals surface area contributed by atoms with E-state index < -0.39 is 0 Å². The fourth-order valence-electron chi connectivity index (χ4n) is 3.51. The van der Waals surface area contributed by atoms with Crippen molar-refractivity contribution >= 4 is 11.6 Å². The minimum Gasteiger partial charge on any atom is -0.507 e. The summed E-state index contributed by atoms with van der Waals surface area (Å²) in [5, 5.41) is 27.6. The SMILES string of the molecule is CC(O)C1CO1.COCC1CO1.O=C(c1ccccc1)c1ccccc1O.O=C(c1ccccc1)c1ccccc1O. The van der Waals surface area contributed by atoms with E-state index in [1.165, 1.54) is 12.1 Å². The van der Waals surface area contributed by atoms with E-state index in [-0.39, 0.29) is 35.3 Å². The van der Waals surface area contributed by atoms with Crippen LogP contribution >= 0.6 is 0 Å². The van der Waals surface area contributed by atoms with Crippen molar-refractivity contribution in [2.45, 2.75) is 25.2 Å². The Morgan fingerprint density at radius 2 is 1.10 bits per heavy atom. The van der Waals surface area contributed by atoms with E-state index >= 15 is 0 Å². The second-order valence-electron chi connectivity index (χ2n) is 9.45. The third-order valence-electron chi connectivity index (χ3n) is 6.02. The molecule has 0 saturated carbocycles. The van der Waals surface area contributed by atoms with Gasteiger partial charge in [0, 0.05) is 18.2 Å². The first-order valence-electron chi connectivity index (χ1n) is 13.5. The summed E-state index contributed by atoms with van der Waals surface area (Å²) in [6, 6.07) is 30.9. The molecule has 2 heterocycles. The minimum atomic E-state index is -0.259. The van der Waals surface area contributed by atoms with Crippen LogP contribution < -0.4 is 0 Å². The first-order chi connectivity index (χ1) is 20.3. The summed E-state index contributed by atoms with van der Waals surface area (Å²) >= 11 is 0. The quantitative estimate of drug-likeness (QED) is 0.207. The number of benzene rings is 4. The van der Waals surface area contributed by atoms with E-state index in [0.717, 1.165) is 19.8 Å². The van der Waals surface area contributed by atoms with Gasteiger partial charge in [0.2, 0.25) is 0 Å². The van der Waals surface area contributed by atoms with Crippen LogP contribution in [0.5, 0.6) is 11.5 Å². The van der Waals surface area contributed by atoms with Crippen LogP contribution in [-0.2, 0) is 14.2 Å². The molecular formula is C34H36O8. The Labute approximate surface area is 245 Å². The molecule has 0 aliphatic carbocycles. The summed E-state index contributed by atoms with van der Waals surface area (Å²) in [7, 11) is 1.68. The number of para-hydroxylation sites is 2. The van der Waals surface area contributed by atoms with Crippen molar-refractivity contribution in [3.63, 3.8) is 0 Å². The van der Waals surface area contributed by atoms with Gasteiger partial charge < -0.3 is 29.5 Å². The van der Waals surface area contributed by atoms with Gasteiger partial charge in [-0.2, -0.15) is 0 Å². The van der Waals surface area contributed by atoms with E-state index in [1.54, 1.807) is 99.0 Å². The fourth-order valence-corrected chi connectivity index (χ4v) is 3.51. The largest absolute Gasteiger partial charge is 0.507 e. The smallest absolute Gasteiger partial charge is 0.196 e. The highest BCUT2D eigenvalue weighted by molar-refractivity contribution is 6.11. The van der Waals surface area contributed by atoms with Crippen LogP contribution in [0.2, 0.25) is 0 Å². The molecule has 2 aliphatic heterocycles. The van der Waals surface area contributed by atoms with Crippen LogP contribution in [0.3, 0.4) is 0 Å². The maximum Gasteiger partial charge on any atom is 0.196 e. The number of rotatable bonds is 7. The summed E-state index contributed by atoms with van der Waals surface area (Å²) in [4.78, 5) is 23.8. The van der Waals surface area contributed by atoms with Crippen molar-refractivity contribution in [1.29, 1.82) is 0 Å². The lowest BCUT2D eigenvalue weighted by Crippen LogP contribution is -2.07. The zero-order valence-electron chi connectivity index (χ0n) is 23.6. The second-order valence-corrected chi connectivity index (χ2v) is 9.45. The predicted octanol–water partition coefficient (Wildman–Crippen LogP) is 5.04. The number of aromatic hydroxyl groups is 2. The zero-order chi connectivity index (χ0) is 30.3. The van der Waals surface area contributed by atoms with Crippen LogP contribution in [0.15, 0.2) is 109 Å². The second kappa shape index (κ2) is 16.8. The highest BCUT2D eigenvalue weighted by Crippen LogP contribution is 2.20. The Kier molecular flexibility index (Phi) is 12.9. The molecule has 3 unspecified atom stereocenters. The molecule has 0 amide bonds. The van der Waals surface area contributed by atoms with Gasteiger partial charge in [-0.15, -0.1) is 0 Å². The van der Waals surface area contributed by atoms with Crippen molar-refractivity contribution in [3.8, 4) is 11.5 Å². The molecule has 8 heteroatoms. The van der Waals surface area contributed by atoms with E-state index in [1.807, 2.05) is 12.1 Å². The number of epoxide rings is 2. The summed E-state index contributed by atoms with van der Waals surface area (Å²) in [6.07, 6.45) is 0.324. The van der Waals surface area contributed by atoms with Crippen molar-refractivity contribution in [1.82, 2.24) is 0 Å². The standard InChI is InChI=1S/2C13H10O2.2C4H8O2/c2*14-12-9-5-4-8-11(12)13(15)10-6-2-1-3-7-10;1-5-2-4-3-6-4;1-3(5)4-2-6-4/h2*1-9,14H;4H,2-3H2,1H3;3-5H,2H2,1H3. The number of phenolic OH excluding ortho intramolecular Hbond substituents is 2. The normalized spacial score (nSPS) is 16.5. The number of aliphatic hydroxyl groups is 1. The van der Waals surface area contributed by atoms with Gasteiger partial charge in [-0.1, -0.05) is 84.9 Å². The summed E-state index contributed by atoms with van der Waals surface area (Å²) in [6.45, 7) is 4.14. The minimum absolute atomic E-state index is 0.0198. The molecule has 2 fully saturated rings. The summed E-state index contributed by atoms with van der Waals surface area (Å²) in [5.41, 5.74) is 1.84. The lowest BCUT2D eigenvalue weighted by molar-refractivity contribution is 0.102. The number of methoxy groups -OCH3 is 1. The number of hydrogen-bond donors (Lipinski definition) is 3. The first kappa shape index (κ1) is 32.2. The van der Waals surface area contributed by atoms with Crippen LogP contribution in [0, 0.1) is 0 Å². The van der Waals surface area contributed by atoms with Gasteiger partial charge in [0.15, 0.2) is 11.6 Å². The molecule has 0 radical (unpaired) electrons. The van der Waals surface area contributed by atoms with Gasteiger partial charge in [-0.05, 0) is 31.2 Å². The van der Waals surface area contributed by atoms with Gasteiger partial charge in [0.25, 0.3) is 0 Å². The van der Waals surface area contributed by atoms with E-state index in [4.69, 9.17) is 19.3 Å². The molecular weight excluding hydrogens is 536 g/mol. The van der Waals surface area contributed by atoms with Gasteiger partial charge >= 0.3 is 0 Å². The summed E-state index contributed by atoms with van der Waals surface area (Å²) in [5.74, 6) is -0.278. The number of phenols is 2. The third kappa shape index (κ3) is 10.9. The van der Waals surface area contributed by atoms with E-state index in [9.17, 15) is 19.8 Å². The Hall–Kier alpha value is -4.34. The number of ketones is 2. The van der Waals surface area contributed by atoms with E-state index in [0.29, 0.717) is 28.4 Å². The average Bonchev–Trinajstić information content (AvgIpc) is 3.94. The Morgan fingerprint density at radius 1 is 0.714 bits per heavy atom. The number of carbonyl (C=O) groups excluding carboxylic acids is 2. The van der Waals surface area contributed by atoms with Crippen molar-refractivity contribution in [3.05, 3.63) is 131 Å². The third-order valence-corrected chi connectivity index (χ3v) is 6.02. The lowest BCUT2D eigenvalue weighted by atomic mass is 10.0. The van der Waals surface area contributed by atoms with Crippen LogP contribution in [0.4, 0.5) is 0 Å². The van der Waals surface area contributed by atoms with Crippen LogP contribution in [0.25, 0.3) is 0 Å². The molecule has 4 aromatic carbocycles. The molecule has 4 aromatic rings. The fraction of sp³-hybridized carbons (Fsp3) is 0.235. The Balaban J connectivity index is 0.000000167. The van der Waals surface area contributed by atoms with Crippen LogP contribution in [0.1, 0.15) is 38.8 Å². The highest BCUT2D eigenvalue weighted by Gasteiger charge is 2.27. The highest BCUT2D eigenvalue weighted by atomic mass is 16.6. The topological polar surface area (TPSA) is 129 Å². The number of ether oxygens (including phenoxy) is 3. The molecule has 0 aromatic heterocycles. The van der Waals surface area contributed by atoms with Gasteiger partial charge in [-0.25, -0.2) is 0 Å². The van der Waals surface area contributed by atoms with Crippen molar-refractivity contribution in [2.75, 3.05) is 26.9 Å². The molecule has 2 saturated heterocycles. The molecule has 0 bridgehead atoms. The lowest BCUT2D eigenvalue weighted by Gasteiger charge is -2.02. The molecule has 2 aliphatic rings. The molecule has 42 heavy (non-hydrogen) atoms. The molecule has 3 atom stereocenters. The molecule has 3 N–H and O–H groups in total. The summed E-state index contributed by atoms with van der Waals surface area (Å²) < 4.78 is 14.3. The molecule has 6 rings (SSSR count). The van der Waals surface area contributed by atoms with Crippen LogP contribution in [-0.4, -0.2) is 72.1 Å². The van der Waals surface area contributed by atoms with Crippen molar-refractivity contribution < 1.29 is 39.1 Å². The van der Waals surface area contributed by atoms with E-state index in [2.05, 4.69) is 0 Å². The maximum atomic E-state index is 11.9. The number of hydrogen-bond acceptors (Lipinski definition) is 8. The average molecular weight is 573 g/mol. The van der Waals surface area contributed by atoms with Crippen molar-refractivity contribution in [2.24, 2.45) is 0 Å². The maximum absolute atomic E-state index is 11.9. The monoisotopic (exact) mass is 572 g/mol. The molecule has 220 valence electrons. The number of carbonyl (C=O) groups is 2. The molecule has 8 nitrogen and oxygen atoms in total.